The molecule has 0 amide bonds. The molecule has 1 N–H and O–H groups in total. The van der Waals surface area contributed by atoms with Crippen molar-refractivity contribution in [3.63, 3.8) is 0 Å². The predicted molar refractivity (Wildman–Crippen MR) is 96.1 cm³/mol. The molecule has 138 valence electrons. The second kappa shape index (κ2) is 7.29. The number of nitro groups is 1. The number of hydrogen-bond acceptors (Lipinski definition) is 5. The van der Waals surface area contributed by atoms with Crippen molar-refractivity contribution in [3.8, 4) is 0 Å². The molecule has 7 nitrogen and oxygen atoms in total. The van der Waals surface area contributed by atoms with Crippen LogP contribution in [0.3, 0.4) is 0 Å². The molecule has 0 aromatic heterocycles. The molecule has 2 aliphatic rings. The van der Waals surface area contributed by atoms with E-state index in [-0.39, 0.29) is 16.6 Å². The summed E-state index contributed by atoms with van der Waals surface area (Å²) in [7, 11) is -3.72. The van der Waals surface area contributed by atoms with Crippen LogP contribution in [0.5, 0.6) is 0 Å². The second-order valence-electron chi connectivity index (χ2n) is 7.15. The van der Waals surface area contributed by atoms with Crippen LogP contribution >= 0.6 is 0 Å². The Labute approximate surface area is 148 Å². The van der Waals surface area contributed by atoms with E-state index < -0.39 is 14.9 Å². The molecule has 8 heteroatoms. The van der Waals surface area contributed by atoms with E-state index in [0.29, 0.717) is 24.7 Å². The smallest absolute Gasteiger partial charge is 0.270 e. The molecule has 0 radical (unpaired) electrons. The molecule has 1 aromatic carbocycles. The first-order chi connectivity index (χ1) is 11.9. The number of sulfonamides is 1. The average Bonchev–Trinajstić information content (AvgIpc) is 3.12. The molecule has 0 unspecified atom stereocenters. The van der Waals surface area contributed by atoms with E-state index in [0.717, 1.165) is 38.5 Å². The molecule has 25 heavy (non-hydrogen) atoms. The number of nitro benzene ring substituents is 1. The maximum absolute atomic E-state index is 13.0. The lowest BCUT2D eigenvalue weighted by Crippen LogP contribution is -2.30. The van der Waals surface area contributed by atoms with E-state index in [1.165, 1.54) is 16.4 Å². The lowest BCUT2D eigenvalue weighted by molar-refractivity contribution is -0.385. The summed E-state index contributed by atoms with van der Waals surface area (Å²) in [5.41, 5.74) is 0.289. The van der Waals surface area contributed by atoms with Crippen LogP contribution in [0.4, 0.5) is 11.4 Å². The van der Waals surface area contributed by atoms with Crippen molar-refractivity contribution in [2.24, 2.45) is 5.92 Å². The summed E-state index contributed by atoms with van der Waals surface area (Å²) in [6, 6.07) is 4.32. The minimum Gasteiger partial charge on any atom is -0.381 e. The van der Waals surface area contributed by atoms with E-state index in [9.17, 15) is 18.5 Å². The van der Waals surface area contributed by atoms with Gasteiger partial charge in [-0.25, -0.2) is 8.42 Å². The molecule has 1 heterocycles. The molecule has 3 rings (SSSR count). The number of hydrogen-bond donors (Lipinski definition) is 1. The van der Waals surface area contributed by atoms with Crippen LogP contribution in [0.1, 0.15) is 45.4 Å². The first-order valence-electron chi connectivity index (χ1n) is 8.93. The van der Waals surface area contributed by atoms with Crippen molar-refractivity contribution >= 4 is 21.4 Å². The van der Waals surface area contributed by atoms with Gasteiger partial charge in [0.05, 0.1) is 10.6 Å². The number of rotatable bonds is 5. The van der Waals surface area contributed by atoms with Crippen LogP contribution in [0.25, 0.3) is 0 Å². The molecule has 1 saturated carbocycles. The fourth-order valence-corrected chi connectivity index (χ4v) is 5.34. The van der Waals surface area contributed by atoms with Gasteiger partial charge in [-0.15, -0.1) is 0 Å². The third-order valence-electron chi connectivity index (χ3n) is 5.23. The Morgan fingerprint density at radius 2 is 1.80 bits per heavy atom. The molecule has 0 bridgehead atoms. The monoisotopic (exact) mass is 367 g/mol. The third kappa shape index (κ3) is 3.95. The number of nitrogens with zero attached hydrogens (tertiary/aromatic N) is 2. The van der Waals surface area contributed by atoms with Gasteiger partial charge in [-0.2, -0.15) is 4.31 Å². The molecule has 0 atom stereocenters. The summed E-state index contributed by atoms with van der Waals surface area (Å²) in [6.07, 6.45) is 5.86. The highest BCUT2D eigenvalue weighted by Gasteiger charge is 2.31. The Balaban J connectivity index is 1.92. The van der Waals surface area contributed by atoms with Crippen molar-refractivity contribution in [2.75, 3.05) is 18.4 Å². The van der Waals surface area contributed by atoms with Crippen LogP contribution in [-0.4, -0.2) is 36.8 Å². The topological polar surface area (TPSA) is 92.5 Å². The van der Waals surface area contributed by atoms with Crippen LogP contribution in [0.15, 0.2) is 23.1 Å². The zero-order valence-electron chi connectivity index (χ0n) is 14.5. The van der Waals surface area contributed by atoms with Gasteiger partial charge in [-0.1, -0.05) is 6.92 Å². The summed E-state index contributed by atoms with van der Waals surface area (Å²) in [4.78, 5) is 10.6. The standard InChI is InChI=1S/C17H25N3O4S/c1-13-4-6-14(7-5-13)18-16-9-8-15(20(21)22)12-17(16)25(23,24)19-10-2-3-11-19/h8-9,12-14,18H,2-7,10-11H2,1H3. The Kier molecular flexibility index (Phi) is 5.29. The largest absolute Gasteiger partial charge is 0.381 e. The zero-order chi connectivity index (χ0) is 18.0. The number of anilines is 1. The molecular weight excluding hydrogens is 342 g/mol. The number of benzene rings is 1. The van der Waals surface area contributed by atoms with Crippen LogP contribution in [-0.2, 0) is 10.0 Å². The summed E-state index contributed by atoms with van der Waals surface area (Å²) >= 11 is 0. The molecular formula is C17H25N3O4S. The molecule has 0 spiro atoms. The van der Waals surface area contributed by atoms with E-state index in [1.54, 1.807) is 6.07 Å². The summed E-state index contributed by atoms with van der Waals surface area (Å²) in [5, 5.41) is 14.5. The first-order valence-corrected chi connectivity index (χ1v) is 10.4. The van der Waals surface area contributed by atoms with Gasteiger partial charge in [0.1, 0.15) is 4.90 Å². The fourth-order valence-electron chi connectivity index (χ4n) is 3.65. The van der Waals surface area contributed by atoms with Gasteiger partial charge in [-0.05, 0) is 50.5 Å². The number of nitrogens with one attached hydrogen (secondary N) is 1. The lowest BCUT2D eigenvalue weighted by atomic mass is 9.87. The van der Waals surface area contributed by atoms with Crippen LogP contribution < -0.4 is 5.32 Å². The van der Waals surface area contributed by atoms with Gasteiger partial charge in [0.2, 0.25) is 10.0 Å². The van der Waals surface area contributed by atoms with Gasteiger partial charge in [-0.3, -0.25) is 10.1 Å². The number of non-ortho nitro benzene ring substituents is 1. The van der Waals surface area contributed by atoms with Crippen molar-refractivity contribution in [3.05, 3.63) is 28.3 Å². The van der Waals surface area contributed by atoms with Gasteiger partial charge in [0.15, 0.2) is 0 Å². The Morgan fingerprint density at radius 3 is 2.40 bits per heavy atom. The molecule has 1 aromatic rings. The quantitative estimate of drug-likeness (QED) is 0.636. The van der Waals surface area contributed by atoms with E-state index in [4.69, 9.17) is 0 Å². The highest BCUT2D eigenvalue weighted by Crippen LogP contribution is 2.33. The van der Waals surface area contributed by atoms with Crippen LogP contribution in [0.2, 0.25) is 0 Å². The van der Waals surface area contributed by atoms with Crippen molar-refractivity contribution in [1.29, 1.82) is 0 Å². The molecule has 1 aliphatic carbocycles. The van der Waals surface area contributed by atoms with Gasteiger partial charge < -0.3 is 5.32 Å². The highest BCUT2D eigenvalue weighted by molar-refractivity contribution is 7.89. The normalized spacial score (nSPS) is 25.0. The van der Waals surface area contributed by atoms with Crippen molar-refractivity contribution in [2.45, 2.75) is 56.4 Å². The zero-order valence-corrected chi connectivity index (χ0v) is 15.3. The molecule has 2 fully saturated rings. The second-order valence-corrected chi connectivity index (χ2v) is 9.06. The summed E-state index contributed by atoms with van der Waals surface area (Å²) in [6.45, 7) is 3.18. The minimum absolute atomic E-state index is 0.0298. The molecule has 1 saturated heterocycles. The van der Waals surface area contributed by atoms with Gasteiger partial charge in [0, 0.05) is 31.3 Å². The Hall–Kier alpha value is -1.67. The Morgan fingerprint density at radius 1 is 1.16 bits per heavy atom. The predicted octanol–water partition coefficient (Wildman–Crippen LogP) is 3.37. The third-order valence-corrected chi connectivity index (χ3v) is 7.17. The van der Waals surface area contributed by atoms with E-state index in [1.807, 2.05) is 0 Å². The summed E-state index contributed by atoms with van der Waals surface area (Å²) < 4.78 is 27.4. The highest BCUT2D eigenvalue weighted by atomic mass is 32.2. The van der Waals surface area contributed by atoms with E-state index >= 15 is 0 Å². The summed E-state index contributed by atoms with van der Waals surface area (Å²) in [5.74, 6) is 0.697. The van der Waals surface area contributed by atoms with Gasteiger partial charge in [0.25, 0.3) is 5.69 Å². The Bertz CT molecular complexity index is 736. The lowest BCUT2D eigenvalue weighted by Gasteiger charge is -2.29. The van der Waals surface area contributed by atoms with Crippen LogP contribution in [0, 0.1) is 16.0 Å². The van der Waals surface area contributed by atoms with Gasteiger partial charge >= 0.3 is 0 Å². The maximum atomic E-state index is 13.0. The maximum Gasteiger partial charge on any atom is 0.270 e. The SMILES string of the molecule is CC1CCC(Nc2ccc([N+](=O)[O-])cc2S(=O)(=O)N2CCCC2)CC1. The van der Waals surface area contributed by atoms with E-state index in [2.05, 4.69) is 12.2 Å². The fraction of sp³-hybridized carbons (Fsp3) is 0.647. The average molecular weight is 367 g/mol. The minimum atomic E-state index is -3.72. The van der Waals surface area contributed by atoms with Crippen molar-refractivity contribution in [1.82, 2.24) is 4.31 Å². The van der Waals surface area contributed by atoms with Crippen molar-refractivity contribution < 1.29 is 13.3 Å². The molecule has 1 aliphatic heterocycles. The first kappa shape index (κ1) is 18.1.